The molecule has 0 aliphatic heterocycles. The molecule has 3 N–H and O–H groups in total. The largest absolute Gasteiger partial charge is 0.493 e. The van der Waals surface area contributed by atoms with Crippen LogP contribution in [0.4, 0.5) is 4.79 Å². The molecule has 0 radical (unpaired) electrons. The zero-order valence-corrected chi connectivity index (χ0v) is 49.1. The quantitative estimate of drug-likeness (QED) is 0.0322. The van der Waals surface area contributed by atoms with Crippen molar-refractivity contribution in [1.82, 2.24) is 10.6 Å². The van der Waals surface area contributed by atoms with Crippen molar-refractivity contribution in [3.05, 3.63) is 47.5 Å². The lowest BCUT2D eigenvalue weighted by atomic mass is 10.1. The highest BCUT2D eigenvalue weighted by molar-refractivity contribution is 5.91. The van der Waals surface area contributed by atoms with Gasteiger partial charge < -0.3 is 48.9 Å². The summed E-state index contributed by atoms with van der Waals surface area (Å²) >= 11 is 0. The van der Waals surface area contributed by atoms with Gasteiger partial charge in [0.2, 0.25) is 5.91 Å². The van der Waals surface area contributed by atoms with Gasteiger partial charge in [-0.05, 0) is 96.4 Å². The van der Waals surface area contributed by atoms with Crippen LogP contribution in [-0.4, -0.2) is 94.4 Å². The second kappa shape index (κ2) is 45.6. The summed E-state index contributed by atoms with van der Waals surface area (Å²) in [5.41, 5.74) is 0.354. The number of amides is 2. The summed E-state index contributed by atoms with van der Waals surface area (Å²) in [7, 11) is 2.74. The number of carbonyl (C=O) groups is 5. The molecule has 0 aliphatic rings. The smallest absolute Gasteiger partial charge is 0.407 e. The monoisotopic (exact) mass is 1100 g/mol. The maximum absolute atomic E-state index is 12.4. The Labute approximate surface area is 470 Å². The molecule has 0 fully saturated rings. The second-order valence-electron chi connectivity index (χ2n) is 21.7. The number of rotatable bonds is 50. The third kappa shape index (κ3) is 39.2. The van der Waals surface area contributed by atoms with E-state index in [0.29, 0.717) is 73.5 Å². The first-order valence-corrected chi connectivity index (χ1v) is 30.2. The minimum Gasteiger partial charge on any atom is -0.493 e. The van der Waals surface area contributed by atoms with Gasteiger partial charge in [0, 0.05) is 38.1 Å². The third-order valence-corrected chi connectivity index (χ3v) is 13.4. The average molecular weight is 1100 g/mol. The Morgan fingerprint density at radius 3 is 0.974 bits per heavy atom. The number of aliphatic carboxylic acids is 1. The Hall–Kier alpha value is -5.21. The van der Waals surface area contributed by atoms with E-state index in [4.69, 9.17) is 38.3 Å². The molecule has 0 saturated heterocycles. The summed E-state index contributed by atoms with van der Waals surface area (Å²) in [6.07, 6.45) is 34.9. The number of esters is 2. The number of methoxy groups -OCH3 is 2. The number of carboxylic acids is 1. The molecule has 0 bridgehead atoms. The zero-order chi connectivity index (χ0) is 56.7. The fourth-order valence-corrected chi connectivity index (χ4v) is 8.99. The lowest BCUT2D eigenvalue weighted by molar-refractivity contribution is -0.137. The first-order chi connectivity index (χ1) is 37.8. The molecule has 0 atom stereocenters. The normalized spacial score (nSPS) is 11.2. The van der Waals surface area contributed by atoms with E-state index in [2.05, 4.69) is 10.6 Å². The van der Waals surface area contributed by atoms with E-state index in [0.717, 1.165) is 167 Å². The molecule has 15 nitrogen and oxygen atoms in total. The summed E-state index contributed by atoms with van der Waals surface area (Å²) in [5.74, 6) is 1.04. The fraction of sp³-hybridized carbons (Fsp3) is 0.730. The van der Waals surface area contributed by atoms with Crippen molar-refractivity contribution in [2.75, 3.05) is 53.7 Å². The summed E-state index contributed by atoms with van der Waals surface area (Å²) in [6.45, 7) is 9.25. The fourth-order valence-electron chi connectivity index (χ4n) is 8.99. The molecule has 2 aromatic carbocycles. The summed E-state index contributed by atoms with van der Waals surface area (Å²) < 4.78 is 39.3. The number of nitrogens with one attached hydrogen (secondary N) is 2. The van der Waals surface area contributed by atoms with Crippen LogP contribution in [0.3, 0.4) is 0 Å². The number of hydrogen-bond donors (Lipinski definition) is 3. The van der Waals surface area contributed by atoms with E-state index in [1.807, 2.05) is 32.9 Å². The van der Waals surface area contributed by atoms with Gasteiger partial charge in [0.1, 0.15) is 28.6 Å². The highest BCUT2D eigenvalue weighted by atomic mass is 16.6. The van der Waals surface area contributed by atoms with Gasteiger partial charge >= 0.3 is 24.0 Å². The number of benzene rings is 2. The third-order valence-electron chi connectivity index (χ3n) is 13.4. The van der Waals surface area contributed by atoms with Crippen molar-refractivity contribution in [3.63, 3.8) is 0 Å². The molecule has 2 aromatic rings. The van der Waals surface area contributed by atoms with Gasteiger partial charge in [-0.2, -0.15) is 0 Å². The molecule has 2 rings (SSSR count). The van der Waals surface area contributed by atoms with Gasteiger partial charge in [-0.3, -0.25) is 9.59 Å². The molecular weight excluding hydrogens is 993 g/mol. The van der Waals surface area contributed by atoms with E-state index < -0.39 is 23.5 Å². The highest BCUT2D eigenvalue weighted by Crippen LogP contribution is 2.26. The van der Waals surface area contributed by atoms with E-state index in [-0.39, 0.29) is 18.4 Å². The summed E-state index contributed by atoms with van der Waals surface area (Å²) in [5, 5.41) is 14.7. The van der Waals surface area contributed by atoms with Crippen LogP contribution in [0.5, 0.6) is 23.0 Å². The van der Waals surface area contributed by atoms with Crippen molar-refractivity contribution in [1.29, 1.82) is 0 Å². The highest BCUT2D eigenvalue weighted by Gasteiger charge is 2.16. The molecule has 0 spiro atoms. The number of carboxylic acid groups (broad SMARTS) is 1. The van der Waals surface area contributed by atoms with E-state index in [1.165, 1.54) is 59.2 Å². The van der Waals surface area contributed by atoms with Crippen molar-refractivity contribution in [2.24, 2.45) is 0 Å². The Morgan fingerprint density at radius 1 is 0.385 bits per heavy atom. The number of carbonyl (C=O) groups excluding carboxylic acids is 4. The minimum absolute atomic E-state index is 0.161. The average Bonchev–Trinajstić information content (AvgIpc) is 3.41. The molecule has 78 heavy (non-hydrogen) atoms. The first-order valence-electron chi connectivity index (χ1n) is 30.2. The molecule has 0 aliphatic carbocycles. The summed E-state index contributed by atoms with van der Waals surface area (Å²) in [4.78, 5) is 59.4. The topological polar surface area (TPSA) is 194 Å². The predicted octanol–water partition coefficient (Wildman–Crippen LogP) is 15.5. The first kappa shape index (κ1) is 68.9. The van der Waals surface area contributed by atoms with E-state index in [9.17, 15) is 24.0 Å². The minimum atomic E-state index is -0.718. The zero-order valence-electron chi connectivity index (χ0n) is 49.1. The Kier molecular flexibility index (Phi) is 40.3. The maximum atomic E-state index is 12.4. The molecule has 15 heteroatoms. The van der Waals surface area contributed by atoms with Gasteiger partial charge in [0.15, 0.2) is 0 Å². The molecule has 2 amide bonds. The van der Waals surface area contributed by atoms with Crippen LogP contribution < -0.4 is 29.6 Å². The van der Waals surface area contributed by atoms with E-state index in [1.54, 1.807) is 24.3 Å². The Bertz CT molecular complexity index is 1900. The molecular formula is C63H104N2O13. The van der Waals surface area contributed by atoms with E-state index >= 15 is 0 Å². The van der Waals surface area contributed by atoms with Crippen molar-refractivity contribution >= 4 is 29.9 Å². The number of hydrogen-bond acceptors (Lipinski definition) is 12. The van der Waals surface area contributed by atoms with Gasteiger partial charge in [-0.1, -0.05) is 154 Å². The van der Waals surface area contributed by atoms with Crippen LogP contribution in [0.1, 0.15) is 260 Å². The second-order valence-corrected chi connectivity index (χ2v) is 21.7. The van der Waals surface area contributed by atoms with Gasteiger partial charge in [0.05, 0.1) is 51.8 Å². The van der Waals surface area contributed by atoms with Crippen LogP contribution in [0.25, 0.3) is 0 Å². The molecule has 0 unspecified atom stereocenters. The maximum Gasteiger partial charge on any atom is 0.407 e. The van der Waals surface area contributed by atoms with Crippen molar-refractivity contribution < 1.29 is 62.2 Å². The van der Waals surface area contributed by atoms with Crippen molar-refractivity contribution in [3.8, 4) is 23.0 Å². The lowest BCUT2D eigenvalue weighted by Gasteiger charge is -2.19. The number of ether oxygens (including phenoxy) is 7. The number of alkyl carbamates (subject to hydrolysis) is 1. The Balaban J connectivity index is 1.42. The van der Waals surface area contributed by atoms with Crippen LogP contribution >= 0.6 is 0 Å². The predicted molar refractivity (Wildman–Crippen MR) is 309 cm³/mol. The standard InChI is InChI=1S/C63H104N2O13/c1-63(2,3)78-62(71)65-41-33-25-17-9-13-21-29-37-45-77-57-49-52(60(69)72-4)46-54(50-57)74-42-34-26-18-10-6-14-22-30-38-58(66)64-40-32-24-16-8-12-20-28-36-44-76-56-48-53(61(70)73-5)47-55(51-56)75-43-35-27-19-11-7-15-23-31-39-59(67)68/h46-51H,6-45H2,1-5H3,(H,64,66)(H,65,71)(H,67,68). The van der Waals surface area contributed by atoms with Gasteiger partial charge in [0.25, 0.3) is 0 Å². The molecule has 0 saturated carbocycles. The summed E-state index contributed by atoms with van der Waals surface area (Å²) in [6, 6.07) is 10.5. The molecule has 444 valence electrons. The van der Waals surface area contributed by atoms with Crippen LogP contribution in [0, 0.1) is 0 Å². The van der Waals surface area contributed by atoms with Crippen molar-refractivity contribution in [2.45, 2.75) is 245 Å². The van der Waals surface area contributed by atoms with Gasteiger partial charge in [-0.25, -0.2) is 14.4 Å². The number of unbranched alkanes of at least 4 members (excludes halogenated alkanes) is 28. The Morgan fingerprint density at radius 2 is 0.667 bits per heavy atom. The SMILES string of the molecule is COC(=O)c1cc(OCCCCCCCCCCNC(=O)CCCCCCCCCCOc2cc(OCCCCCCCCCCNC(=O)OC(C)(C)C)cc(C(=O)OC)c2)cc(OCCCCCCCCCCC(=O)O)c1. The van der Waals surface area contributed by atoms with Crippen LogP contribution in [-0.2, 0) is 23.8 Å². The van der Waals surface area contributed by atoms with Crippen LogP contribution in [0.15, 0.2) is 36.4 Å². The molecule has 0 heterocycles. The van der Waals surface area contributed by atoms with Crippen LogP contribution in [0.2, 0.25) is 0 Å². The molecule has 0 aromatic heterocycles. The van der Waals surface area contributed by atoms with Gasteiger partial charge in [-0.15, -0.1) is 0 Å². The lowest BCUT2D eigenvalue weighted by Crippen LogP contribution is -2.32.